The Morgan fingerprint density at radius 1 is 1.20 bits per heavy atom. The molecule has 0 spiro atoms. The van der Waals surface area contributed by atoms with E-state index in [1.54, 1.807) is 6.33 Å². The van der Waals surface area contributed by atoms with Crippen molar-refractivity contribution < 1.29 is 0 Å². The van der Waals surface area contributed by atoms with Gasteiger partial charge in [0.1, 0.15) is 6.33 Å². The minimum atomic E-state index is 0.684. The van der Waals surface area contributed by atoms with Gasteiger partial charge in [0.05, 0.1) is 11.0 Å². The predicted octanol–water partition coefficient (Wildman–Crippen LogP) is 1.34. The number of hydrogen-bond donors (Lipinski definition) is 1. The molecule has 6 nitrogen and oxygen atoms in total. The van der Waals surface area contributed by atoms with Crippen LogP contribution in [0.25, 0.3) is 16.7 Å². The third-order valence-corrected chi connectivity index (χ3v) is 3.82. The van der Waals surface area contributed by atoms with Crippen LogP contribution in [-0.4, -0.2) is 45.8 Å². The van der Waals surface area contributed by atoms with Crippen LogP contribution in [0.1, 0.15) is 0 Å². The molecular formula is C13H13ClN6. The topological polar surface area (TPSA) is 58.4 Å². The first-order valence-electron chi connectivity index (χ1n) is 6.57. The largest absolute Gasteiger partial charge is 0.351 e. The standard InChI is InChI=1S/C13H13ClN6/c14-9-1-2-10-11(7-9)20-8-16-18-13(20)12(17-10)19-5-3-15-4-6-19/h1-2,7-8,15H,3-6H2. The second-order valence-corrected chi connectivity index (χ2v) is 5.27. The number of nitrogens with one attached hydrogen (secondary N) is 1. The quantitative estimate of drug-likeness (QED) is 0.732. The number of halogens is 1. The Kier molecular flexibility index (Phi) is 2.71. The Morgan fingerprint density at radius 2 is 2.05 bits per heavy atom. The molecule has 1 aromatic carbocycles. The molecule has 3 aromatic rings. The number of rotatable bonds is 1. The average molecular weight is 289 g/mol. The Labute approximate surface area is 120 Å². The van der Waals surface area contributed by atoms with Crippen LogP contribution in [0.15, 0.2) is 24.5 Å². The summed E-state index contributed by atoms with van der Waals surface area (Å²) in [5, 5.41) is 12.3. The van der Waals surface area contributed by atoms with E-state index >= 15 is 0 Å². The van der Waals surface area contributed by atoms with Crippen molar-refractivity contribution in [2.24, 2.45) is 0 Å². The van der Waals surface area contributed by atoms with E-state index < -0.39 is 0 Å². The summed E-state index contributed by atoms with van der Waals surface area (Å²) in [5.41, 5.74) is 2.60. The fourth-order valence-corrected chi connectivity index (χ4v) is 2.77. The van der Waals surface area contributed by atoms with Gasteiger partial charge >= 0.3 is 0 Å². The summed E-state index contributed by atoms with van der Waals surface area (Å²) in [6, 6.07) is 5.68. The third-order valence-electron chi connectivity index (χ3n) is 3.59. The Morgan fingerprint density at radius 3 is 2.90 bits per heavy atom. The predicted molar refractivity (Wildman–Crippen MR) is 78.4 cm³/mol. The molecule has 1 saturated heterocycles. The maximum Gasteiger partial charge on any atom is 0.204 e. The van der Waals surface area contributed by atoms with E-state index in [0.29, 0.717) is 5.02 Å². The highest BCUT2D eigenvalue weighted by Crippen LogP contribution is 2.25. The highest BCUT2D eigenvalue weighted by molar-refractivity contribution is 6.31. The van der Waals surface area contributed by atoms with Crippen molar-refractivity contribution in [3.63, 3.8) is 0 Å². The van der Waals surface area contributed by atoms with Gasteiger partial charge in [0, 0.05) is 31.2 Å². The van der Waals surface area contributed by atoms with Crippen LogP contribution in [0.4, 0.5) is 5.82 Å². The van der Waals surface area contributed by atoms with Gasteiger partial charge in [-0.2, -0.15) is 0 Å². The summed E-state index contributed by atoms with van der Waals surface area (Å²) in [6.45, 7) is 3.77. The lowest BCUT2D eigenvalue weighted by atomic mass is 10.3. The third kappa shape index (κ3) is 1.80. The zero-order chi connectivity index (χ0) is 13.5. The number of aromatic nitrogens is 4. The molecule has 0 amide bonds. The van der Waals surface area contributed by atoms with E-state index in [2.05, 4.69) is 20.4 Å². The van der Waals surface area contributed by atoms with Gasteiger partial charge in [-0.1, -0.05) is 11.6 Å². The van der Waals surface area contributed by atoms with Crippen LogP contribution < -0.4 is 10.2 Å². The van der Waals surface area contributed by atoms with Crippen molar-refractivity contribution in [2.45, 2.75) is 0 Å². The van der Waals surface area contributed by atoms with Gasteiger partial charge < -0.3 is 10.2 Å². The summed E-state index contributed by atoms with van der Waals surface area (Å²) in [6.07, 6.45) is 1.71. The summed E-state index contributed by atoms with van der Waals surface area (Å²) >= 11 is 6.07. The Hall–Kier alpha value is -1.92. The van der Waals surface area contributed by atoms with Crippen LogP contribution >= 0.6 is 11.6 Å². The van der Waals surface area contributed by atoms with E-state index in [1.165, 1.54) is 0 Å². The van der Waals surface area contributed by atoms with Crippen molar-refractivity contribution in [1.29, 1.82) is 0 Å². The van der Waals surface area contributed by atoms with E-state index in [-0.39, 0.29) is 0 Å². The van der Waals surface area contributed by atoms with Crippen LogP contribution in [0.2, 0.25) is 5.02 Å². The second kappa shape index (κ2) is 4.57. The average Bonchev–Trinajstić information content (AvgIpc) is 2.97. The van der Waals surface area contributed by atoms with Crippen molar-refractivity contribution in [1.82, 2.24) is 24.9 Å². The van der Waals surface area contributed by atoms with Gasteiger partial charge in [-0.25, -0.2) is 4.98 Å². The Balaban J connectivity index is 1.99. The number of anilines is 1. The van der Waals surface area contributed by atoms with Gasteiger partial charge in [-0.15, -0.1) is 10.2 Å². The molecular weight excluding hydrogens is 276 g/mol. The minimum absolute atomic E-state index is 0.684. The molecule has 1 aliphatic rings. The molecule has 0 aliphatic carbocycles. The molecule has 20 heavy (non-hydrogen) atoms. The zero-order valence-corrected chi connectivity index (χ0v) is 11.5. The van der Waals surface area contributed by atoms with Crippen molar-refractivity contribution >= 4 is 34.1 Å². The monoisotopic (exact) mass is 288 g/mol. The normalized spacial score (nSPS) is 16.1. The van der Waals surface area contributed by atoms with Crippen LogP contribution in [0.3, 0.4) is 0 Å². The van der Waals surface area contributed by atoms with Gasteiger partial charge in [0.15, 0.2) is 5.82 Å². The van der Waals surface area contributed by atoms with Gasteiger partial charge in [-0.3, -0.25) is 4.40 Å². The molecule has 0 unspecified atom stereocenters. The number of fused-ring (bicyclic) bond motifs is 3. The molecule has 1 aliphatic heterocycles. The van der Waals surface area contributed by atoms with Gasteiger partial charge in [-0.05, 0) is 18.2 Å². The summed E-state index contributed by atoms with van der Waals surface area (Å²) < 4.78 is 1.95. The molecule has 1 N–H and O–H groups in total. The van der Waals surface area contributed by atoms with Crippen LogP contribution in [-0.2, 0) is 0 Å². The van der Waals surface area contributed by atoms with Crippen LogP contribution in [0.5, 0.6) is 0 Å². The molecule has 0 bridgehead atoms. The first kappa shape index (κ1) is 11.9. The summed E-state index contributed by atoms with van der Waals surface area (Å²) in [7, 11) is 0. The maximum absolute atomic E-state index is 6.07. The summed E-state index contributed by atoms with van der Waals surface area (Å²) in [5.74, 6) is 0.888. The molecule has 4 rings (SSSR count). The van der Waals surface area contributed by atoms with E-state index in [1.807, 2.05) is 22.6 Å². The summed E-state index contributed by atoms with van der Waals surface area (Å²) in [4.78, 5) is 7.00. The lowest BCUT2D eigenvalue weighted by Gasteiger charge is -2.28. The molecule has 0 radical (unpaired) electrons. The smallest absolute Gasteiger partial charge is 0.204 e. The highest BCUT2D eigenvalue weighted by atomic mass is 35.5. The number of nitrogens with zero attached hydrogens (tertiary/aromatic N) is 5. The molecule has 7 heteroatoms. The highest BCUT2D eigenvalue weighted by Gasteiger charge is 2.18. The van der Waals surface area contributed by atoms with E-state index in [0.717, 1.165) is 48.7 Å². The van der Waals surface area contributed by atoms with Gasteiger partial charge in [0.2, 0.25) is 5.65 Å². The molecule has 102 valence electrons. The number of piperazine rings is 1. The fourth-order valence-electron chi connectivity index (χ4n) is 2.60. The van der Waals surface area contributed by atoms with Crippen molar-refractivity contribution in [2.75, 3.05) is 31.1 Å². The SMILES string of the molecule is Clc1ccc2nc(N3CCNCC3)c3nncn3c2c1. The number of benzene rings is 1. The first-order chi connectivity index (χ1) is 9.83. The van der Waals surface area contributed by atoms with E-state index in [4.69, 9.17) is 16.6 Å². The minimum Gasteiger partial charge on any atom is -0.351 e. The fraction of sp³-hybridized carbons (Fsp3) is 0.308. The van der Waals surface area contributed by atoms with Gasteiger partial charge in [0.25, 0.3) is 0 Å². The molecule has 0 atom stereocenters. The van der Waals surface area contributed by atoms with Crippen molar-refractivity contribution in [3.8, 4) is 0 Å². The number of hydrogen-bond acceptors (Lipinski definition) is 5. The molecule has 3 heterocycles. The lowest BCUT2D eigenvalue weighted by Crippen LogP contribution is -2.44. The van der Waals surface area contributed by atoms with Crippen molar-refractivity contribution in [3.05, 3.63) is 29.5 Å². The molecule has 1 fully saturated rings. The first-order valence-corrected chi connectivity index (χ1v) is 6.95. The lowest BCUT2D eigenvalue weighted by molar-refractivity contribution is 0.586. The molecule has 2 aromatic heterocycles. The zero-order valence-electron chi connectivity index (χ0n) is 10.8. The molecule has 0 saturated carbocycles. The van der Waals surface area contributed by atoms with E-state index in [9.17, 15) is 0 Å². The Bertz CT molecular complexity index is 777. The van der Waals surface area contributed by atoms with Crippen LogP contribution in [0, 0.1) is 0 Å². The maximum atomic E-state index is 6.07. The second-order valence-electron chi connectivity index (χ2n) is 4.83.